The van der Waals surface area contributed by atoms with Gasteiger partial charge < -0.3 is 10.1 Å². The third-order valence-corrected chi connectivity index (χ3v) is 6.60. The van der Waals surface area contributed by atoms with Crippen LogP contribution >= 0.6 is 0 Å². The summed E-state index contributed by atoms with van der Waals surface area (Å²) in [5.41, 5.74) is 2.30. The molecule has 0 aliphatic rings. The first-order valence-corrected chi connectivity index (χ1v) is 11.9. The second-order valence-corrected chi connectivity index (χ2v) is 9.20. The van der Waals surface area contributed by atoms with E-state index in [2.05, 4.69) is 17.4 Å². The van der Waals surface area contributed by atoms with Gasteiger partial charge in [-0.2, -0.15) is 0 Å². The van der Waals surface area contributed by atoms with Crippen LogP contribution in [-0.4, -0.2) is 20.9 Å². The van der Waals surface area contributed by atoms with Gasteiger partial charge in [0, 0.05) is 13.0 Å². The van der Waals surface area contributed by atoms with Gasteiger partial charge in [0.05, 0.1) is 9.79 Å². The van der Waals surface area contributed by atoms with Gasteiger partial charge in [-0.15, -0.1) is 0 Å². The number of benzene rings is 3. The monoisotopic (exact) mass is 437 g/mol. The maximum absolute atomic E-state index is 12.9. The fourth-order valence-corrected chi connectivity index (χ4v) is 4.37. The zero-order valence-electron chi connectivity index (χ0n) is 17.6. The van der Waals surface area contributed by atoms with Gasteiger partial charge in [0.25, 0.3) is 0 Å². The molecule has 5 nitrogen and oxygen atoms in total. The summed E-state index contributed by atoms with van der Waals surface area (Å²) in [4.78, 5) is 12.0. The van der Waals surface area contributed by atoms with Crippen molar-refractivity contribution in [1.82, 2.24) is 5.32 Å². The topological polar surface area (TPSA) is 72.5 Å². The second kappa shape index (κ2) is 10.9. The molecule has 0 aromatic heterocycles. The van der Waals surface area contributed by atoms with E-state index in [1.165, 1.54) is 29.8 Å². The summed E-state index contributed by atoms with van der Waals surface area (Å²) < 4.78 is 30.9. The Labute approximate surface area is 184 Å². The van der Waals surface area contributed by atoms with Gasteiger partial charge in [-0.3, -0.25) is 4.79 Å². The quantitative estimate of drug-likeness (QED) is 0.286. The van der Waals surface area contributed by atoms with E-state index in [1.54, 1.807) is 12.1 Å². The van der Waals surface area contributed by atoms with Crippen molar-refractivity contribution in [3.8, 4) is 5.75 Å². The average Bonchev–Trinajstić information content (AvgIpc) is 2.78. The molecule has 0 saturated heterocycles. The number of carbonyl (C=O) groups is 1. The Morgan fingerprint density at radius 2 is 1.45 bits per heavy atom. The van der Waals surface area contributed by atoms with Crippen LogP contribution in [0.3, 0.4) is 0 Å². The lowest BCUT2D eigenvalue weighted by Crippen LogP contribution is -2.16. The van der Waals surface area contributed by atoms with Crippen molar-refractivity contribution in [3.05, 3.63) is 90.0 Å². The standard InChI is InChI=1S/C25H27NO4S/c1-2-6-25(27)30-22-11-15-24(16-12-22)31(28,29)23-13-9-20(10-14-23)17-18-26-19-21-7-4-3-5-8-21/h3-5,7-16,26H,2,6,17-19H2,1H3. The van der Waals surface area contributed by atoms with Crippen LogP contribution in [0.25, 0.3) is 0 Å². The normalized spacial score (nSPS) is 11.3. The van der Waals surface area contributed by atoms with Gasteiger partial charge in [0.15, 0.2) is 0 Å². The first kappa shape index (κ1) is 22.7. The summed E-state index contributed by atoms with van der Waals surface area (Å²) in [6.07, 6.45) is 1.84. The highest BCUT2D eigenvalue weighted by Gasteiger charge is 2.17. The van der Waals surface area contributed by atoms with E-state index < -0.39 is 9.84 Å². The van der Waals surface area contributed by atoms with Gasteiger partial charge in [0.1, 0.15) is 5.75 Å². The van der Waals surface area contributed by atoms with Gasteiger partial charge in [0.2, 0.25) is 9.84 Å². The lowest BCUT2D eigenvalue weighted by molar-refractivity contribution is -0.134. The smallest absolute Gasteiger partial charge is 0.311 e. The van der Waals surface area contributed by atoms with E-state index in [4.69, 9.17) is 4.74 Å². The molecular formula is C25H27NO4S. The predicted octanol–water partition coefficient (Wildman–Crippen LogP) is 4.56. The Balaban J connectivity index is 1.57. The highest BCUT2D eigenvalue weighted by molar-refractivity contribution is 7.91. The highest BCUT2D eigenvalue weighted by Crippen LogP contribution is 2.24. The lowest BCUT2D eigenvalue weighted by atomic mass is 10.1. The van der Waals surface area contributed by atoms with Gasteiger partial charge >= 0.3 is 5.97 Å². The maximum Gasteiger partial charge on any atom is 0.311 e. The molecule has 0 atom stereocenters. The molecule has 0 bridgehead atoms. The number of rotatable bonds is 10. The van der Waals surface area contributed by atoms with E-state index in [-0.39, 0.29) is 15.8 Å². The number of ether oxygens (including phenoxy) is 1. The Kier molecular flexibility index (Phi) is 7.98. The predicted molar refractivity (Wildman–Crippen MR) is 121 cm³/mol. The second-order valence-electron chi connectivity index (χ2n) is 7.26. The van der Waals surface area contributed by atoms with E-state index in [0.29, 0.717) is 18.6 Å². The fraction of sp³-hybridized carbons (Fsp3) is 0.240. The molecule has 0 radical (unpaired) electrons. The van der Waals surface area contributed by atoms with Crippen molar-refractivity contribution in [1.29, 1.82) is 0 Å². The fourth-order valence-electron chi connectivity index (χ4n) is 3.11. The van der Waals surface area contributed by atoms with E-state index >= 15 is 0 Å². The zero-order chi connectivity index (χ0) is 22.1. The van der Waals surface area contributed by atoms with Crippen LogP contribution in [0.2, 0.25) is 0 Å². The van der Waals surface area contributed by atoms with E-state index in [9.17, 15) is 13.2 Å². The molecular weight excluding hydrogens is 410 g/mol. The summed E-state index contributed by atoms with van der Waals surface area (Å²) >= 11 is 0. The third kappa shape index (κ3) is 6.51. The van der Waals surface area contributed by atoms with Crippen molar-refractivity contribution >= 4 is 15.8 Å². The number of esters is 1. The minimum atomic E-state index is -3.63. The van der Waals surface area contributed by atoms with Gasteiger partial charge in [-0.05, 0) is 66.9 Å². The molecule has 31 heavy (non-hydrogen) atoms. The SMILES string of the molecule is CCCC(=O)Oc1ccc(S(=O)(=O)c2ccc(CCNCc3ccccc3)cc2)cc1. The largest absolute Gasteiger partial charge is 0.427 e. The van der Waals surface area contributed by atoms with E-state index in [1.807, 2.05) is 37.3 Å². The maximum atomic E-state index is 12.9. The van der Waals surface area contributed by atoms with Crippen molar-refractivity contribution in [2.75, 3.05) is 6.54 Å². The molecule has 6 heteroatoms. The first-order valence-electron chi connectivity index (χ1n) is 10.4. The molecule has 1 N–H and O–H groups in total. The summed E-state index contributed by atoms with van der Waals surface area (Å²) in [6.45, 7) is 3.50. The summed E-state index contributed by atoms with van der Waals surface area (Å²) in [5.74, 6) is 0.0164. The lowest BCUT2D eigenvalue weighted by Gasteiger charge is -2.08. The zero-order valence-corrected chi connectivity index (χ0v) is 18.4. The van der Waals surface area contributed by atoms with Crippen LogP contribution in [0, 0.1) is 0 Å². The van der Waals surface area contributed by atoms with E-state index in [0.717, 1.165) is 25.1 Å². The number of carbonyl (C=O) groups excluding carboxylic acids is 1. The third-order valence-electron chi connectivity index (χ3n) is 4.82. The van der Waals surface area contributed by atoms with Crippen LogP contribution < -0.4 is 10.1 Å². The molecule has 3 rings (SSSR count). The van der Waals surface area contributed by atoms with Crippen molar-refractivity contribution in [3.63, 3.8) is 0 Å². The summed E-state index contributed by atoms with van der Waals surface area (Å²) in [6, 6.07) is 23.1. The molecule has 0 spiro atoms. The van der Waals surface area contributed by atoms with Crippen molar-refractivity contribution in [2.45, 2.75) is 42.5 Å². The molecule has 0 saturated carbocycles. The van der Waals surface area contributed by atoms with Crippen LogP contribution in [0.5, 0.6) is 5.75 Å². The Hall–Kier alpha value is -2.96. The van der Waals surface area contributed by atoms with Crippen molar-refractivity contribution in [2.24, 2.45) is 0 Å². The molecule has 0 amide bonds. The number of hydrogen-bond acceptors (Lipinski definition) is 5. The van der Waals surface area contributed by atoms with Gasteiger partial charge in [-0.1, -0.05) is 49.4 Å². The highest BCUT2D eigenvalue weighted by atomic mass is 32.2. The minimum absolute atomic E-state index is 0.167. The number of sulfone groups is 1. The van der Waals surface area contributed by atoms with Crippen LogP contribution in [-0.2, 0) is 27.6 Å². The Morgan fingerprint density at radius 1 is 0.839 bits per heavy atom. The molecule has 3 aromatic carbocycles. The van der Waals surface area contributed by atoms with Gasteiger partial charge in [-0.25, -0.2) is 8.42 Å². The molecule has 0 aliphatic heterocycles. The Morgan fingerprint density at radius 3 is 2.06 bits per heavy atom. The molecule has 0 unspecified atom stereocenters. The minimum Gasteiger partial charge on any atom is -0.427 e. The average molecular weight is 438 g/mol. The van der Waals surface area contributed by atoms with Crippen molar-refractivity contribution < 1.29 is 17.9 Å². The molecule has 0 aliphatic carbocycles. The number of nitrogens with one attached hydrogen (secondary N) is 1. The molecule has 0 fully saturated rings. The van der Waals surface area contributed by atoms with Crippen LogP contribution in [0.15, 0.2) is 88.7 Å². The molecule has 162 valence electrons. The summed E-state index contributed by atoms with van der Waals surface area (Å²) in [7, 11) is -3.63. The van der Waals surface area contributed by atoms with Crippen LogP contribution in [0.4, 0.5) is 0 Å². The molecule has 3 aromatic rings. The molecule has 0 heterocycles. The van der Waals surface area contributed by atoms with Crippen LogP contribution in [0.1, 0.15) is 30.9 Å². The summed E-state index contributed by atoms with van der Waals surface area (Å²) in [5, 5.41) is 3.39. The Bertz CT molecular complexity index is 1080. The first-order chi connectivity index (χ1) is 15.0. The number of hydrogen-bond donors (Lipinski definition) is 1.